The van der Waals surface area contributed by atoms with Crippen molar-refractivity contribution in [3.8, 4) is 5.75 Å². The second-order valence-corrected chi connectivity index (χ2v) is 7.03. The Kier molecular flexibility index (Phi) is 4.66. The van der Waals surface area contributed by atoms with Gasteiger partial charge in [0.1, 0.15) is 12.4 Å². The van der Waals surface area contributed by atoms with Crippen LogP contribution in [0.3, 0.4) is 0 Å². The van der Waals surface area contributed by atoms with E-state index in [-0.39, 0.29) is 23.2 Å². The molecule has 0 saturated heterocycles. The lowest BCUT2D eigenvalue weighted by atomic mass is 9.91. The number of hydrogen-bond donors (Lipinski definition) is 0. The van der Waals surface area contributed by atoms with Crippen LogP contribution in [0.15, 0.2) is 12.4 Å². The molecule has 4 heteroatoms. The maximum Gasteiger partial charge on any atom is 0.175 e. The lowest BCUT2D eigenvalue weighted by molar-refractivity contribution is -0.128. The van der Waals surface area contributed by atoms with Gasteiger partial charge in [-0.3, -0.25) is 4.79 Å². The highest BCUT2D eigenvalue weighted by Gasteiger charge is 2.21. The van der Waals surface area contributed by atoms with Crippen LogP contribution in [0.25, 0.3) is 0 Å². The van der Waals surface area contributed by atoms with Crippen molar-refractivity contribution in [3.05, 3.63) is 18.2 Å². The van der Waals surface area contributed by atoms with Crippen LogP contribution >= 0.6 is 0 Å². The summed E-state index contributed by atoms with van der Waals surface area (Å²) in [5.41, 5.74) is -0.225. The van der Waals surface area contributed by atoms with E-state index in [1.54, 1.807) is 12.4 Å². The van der Waals surface area contributed by atoms with Gasteiger partial charge >= 0.3 is 0 Å². The number of ketones is 1. The van der Waals surface area contributed by atoms with E-state index in [1.165, 1.54) is 0 Å². The molecule has 0 fully saturated rings. The molecule has 0 aliphatic heterocycles. The van der Waals surface area contributed by atoms with Crippen LogP contribution in [0, 0.1) is 10.8 Å². The highest BCUT2D eigenvalue weighted by Crippen LogP contribution is 2.19. The lowest BCUT2D eigenvalue weighted by Gasteiger charge is -2.17. The third-order valence-corrected chi connectivity index (χ3v) is 2.58. The predicted octanol–water partition coefficient (Wildman–Crippen LogP) is 3.06. The molecular weight excluding hydrogens is 240 g/mol. The summed E-state index contributed by atoms with van der Waals surface area (Å²) in [6.45, 7) is 12.1. The van der Waals surface area contributed by atoms with Crippen molar-refractivity contribution in [2.75, 3.05) is 6.61 Å². The van der Waals surface area contributed by atoms with Crippen molar-refractivity contribution in [1.82, 2.24) is 9.97 Å². The zero-order valence-corrected chi connectivity index (χ0v) is 12.8. The second-order valence-electron chi connectivity index (χ2n) is 7.03. The van der Waals surface area contributed by atoms with Gasteiger partial charge in [-0.2, -0.15) is 0 Å². The molecule has 1 aromatic heterocycles. The van der Waals surface area contributed by atoms with Crippen molar-refractivity contribution in [3.63, 3.8) is 0 Å². The average molecular weight is 264 g/mol. The van der Waals surface area contributed by atoms with Crippen LogP contribution in [-0.4, -0.2) is 22.4 Å². The predicted molar refractivity (Wildman–Crippen MR) is 75.1 cm³/mol. The van der Waals surface area contributed by atoms with Gasteiger partial charge in [-0.05, 0) is 5.41 Å². The number of Topliss-reactive ketones (excluding diaryl/α,β-unsaturated/α-hetero) is 1. The maximum atomic E-state index is 11.7. The Morgan fingerprint density at radius 1 is 1.11 bits per heavy atom. The fraction of sp³-hybridized carbons (Fsp3) is 0.667. The van der Waals surface area contributed by atoms with E-state index in [0.717, 1.165) is 12.2 Å². The Labute approximate surface area is 115 Å². The van der Waals surface area contributed by atoms with Crippen molar-refractivity contribution < 1.29 is 9.53 Å². The minimum absolute atomic E-state index is 0.0610. The highest BCUT2D eigenvalue weighted by atomic mass is 16.5. The Hall–Kier alpha value is -1.45. The minimum atomic E-state index is -0.382. The van der Waals surface area contributed by atoms with Crippen LogP contribution in [0.4, 0.5) is 0 Å². The van der Waals surface area contributed by atoms with Crippen molar-refractivity contribution in [2.24, 2.45) is 10.8 Å². The smallest absolute Gasteiger partial charge is 0.175 e. The van der Waals surface area contributed by atoms with Gasteiger partial charge in [0.2, 0.25) is 0 Å². The Morgan fingerprint density at radius 3 is 2.05 bits per heavy atom. The van der Waals surface area contributed by atoms with E-state index >= 15 is 0 Å². The van der Waals surface area contributed by atoms with Gasteiger partial charge in [0.05, 0.1) is 12.4 Å². The first-order valence-electron chi connectivity index (χ1n) is 6.55. The summed E-state index contributed by atoms with van der Waals surface area (Å²) >= 11 is 0. The summed E-state index contributed by atoms with van der Waals surface area (Å²) in [7, 11) is 0. The van der Waals surface area contributed by atoms with Gasteiger partial charge in [0.15, 0.2) is 11.5 Å². The van der Waals surface area contributed by atoms with E-state index in [0.29, 0.717) is 5.75 Å². The molecule has 0 unspecified atom stereocenters. The molecule has 4 nitrogen and oxygen atoms in total. The Balaban J connectivity index is 2.56. The molecule has 0 radical (unpaired) electrons. The van der Waals surface area contributed by atoms with E-state index in [1.807, 2.05) is 20.8 Å². The van der Waals surface area contributed by atoms with Gasteiger partial charge in [-0.1, -0.05) is 41.5 Å². The summed E-state index contributed by atoms with van der Waals surface area (Å²) in [6.07, 6.45) is 4.07. The molecule has 0 atom stereocenters. The quantitative estimate of drug-likeness (QED) is 0.838. The molecule has 0 amide bonds. The van der Waals surface area contributed by atoms with E-state index < -0.39 is 0 Å². The van der Waals surface area contributed by atoms with Gasteiger partial charge in [-0.15, -0.1) is 0 Å². The third-order valence-electron chi connectivity index (χ3n) is 2.58. The highest BCUT2D eigenvalue weighted by molar-refractivity contribution is 5.85. The van der Waals surface area contributed by atoms with Gasteiger partial charge in [-0.25, -0.2) is 9.97 Å². The van der Waals surface area contributed by atoms with Crippen LogP contribution < -0.4 is 4.74 Å². The number of aromatic nitrogens is 2. The Morgan fingerprint density at radius 2 is 1.63 bits per heavy atom. The number of carbonyl (C=O) groups is 1. The molecule has 1 heterocycles. The number of rotatable bonds is 4. The normalized spacial score (nSPS) is 12.3. The van der Waals surface area contributed by atoms with Crippen molar-refractivity contribution >= 4 is 5.78 Å². The fourth-order valence-electron chi connectivity index (χ4n) is 1.35. The van der Waals surface area contributed by atoms with Crippen molar-refractivity contribution in [1.29, 1.82) is 0 Å². The molecule has 0 N–H and O–H groups in total. The number of carbonyl (C=O) groups excluding carboxylic acids is 1. The first kappa shape index (κ1) is 15.6. The zero-order valence-electron chi connectivity index (χ0n) is 12.8. The molecule has 19 heavy (non-hydrogen) atoms. The molecule has 0 aromatic carbocycles. The van der Waals surface area contributed by atoms with Crippen LogP contribution in [-0.2, 0) is 11.2 Å². The summed E-state index contributed by atoms with van der Waals surface area (Å²) in [5, 5.41) is 0. The van der Waals surface area contributed by atoms with Crippen LogP contribution in [0.5, 0.6) is 5.75 Å². The third kappa shape index (κ3) is 5.81. The molecule has 0 bridgehead atoms. The maximum absolute atomic E-state index is 11.7. The van der Waals surface area contributed by atoms with Crippen molar-refractivity contribution in [2.45, 2.75) is 48.0 Å². The van der Waals surface area contributed by atoms with Gasteiger partial charge < -0.3 is 4.74 Å². The SMILES string of the molecule is CC(C)(C)Cc1ncc(OCC(=O)C(C)(C)C)cn1. The molecular formula is C15H24N2O2. The number of nitrogens with zero attached hydrogens (tertiary/aromatic N) is 2. The largest absolute Gasteiger partial charge is 0.483 e. The monoisotopic (exact) mass is 264 g/mol. The number of ether oxygens (including phenoxy) is 1. The second kappa shape index (κ2) is 5.68. The lowest BCUT2D eigenvalue weighted by Crippen LogP contribution is -2.26. The molecule has 1 aromatic rings. The minimum Gasteiger partial charge on any atom is -0.483 e. The molecule has 1 rings (SSSR count). The average Bonchev–Trinajstić information content (AvgIpc) is 2.24. The van der Waals surface area contributed by atoms with E-state index in [4.69, 9.17) is 4.74 Å². The molecule has 106 valence electrons. The van der Waals surface area contributed by atoms with E-state index in [2.05, 4.69) is 30.7 Å². The summed E-state index contributed by atoms with van der Waals surface area (Å²) in [4.78, 5) is 20.2. The van der Waals surface area contributed by atoms with Gasteiger partial charge in [0, 0.05) is 11.8 Å². The van der Waals surface area contributed by atoms with Gasteiger partial charge in [0.25, 0.3) is 0 Å². The molecule has 0 aliphatic carbocycles. The molecule has 0 aliphatic rings. The van der Waals surface area contributed by atoms with Crippen LogP contribution in [0.2, 0.25) is 0 Å². The summed E-state index contributed by atoms with van der Waals surface area (Å²) in [6, 6.07) is 0. The van der Waals surface area contributed by atoms with Crippen LogP contribution in [0.1, 0.15) is 47.4 Å². The zero-order chi connectivity index (χ0) is 14.7. The van der Waals surface area contributed by atoms with E-state index in [9.17, 15) is 4.79 Å². The molecule has 0 spiro atoms. The summed E-state index contributed by atoms with van der Waals surface area (Å²) < 4.78 is 5.40. The molecule has 0 saturated carbocycles. The number of hydrogen-bond acceptors (Lipinski definition) is 4. The first-order valence-corrected chi connectivity index (χ1v) is 6.55. The summed E-state index contributed by atoms with van der Waals surface area (Å²) in [5.74, 6) is 1.39. The first-order chi connectivity index (χ1) is 8.58. The fourth-order valence-corrected chi connectivity index (χ4v) is 1.35. The Bertz CT molecular complexity index is 425. The standard InChI is InChI=1S/C15H24N2O2/c1-14(2,3)7-13-16-8-11(9-17-13)19-10-12(18)15(4,5)6/h8-9H,7,10H2,1-6H3. The topological polar surface area (TPSA) is 52.1 Å².